The molecule has 16 N–H and O–H groups in total. The van der Waals surface area contributed by atoms with Crippen LogP contribution in [0, 0.1) is 33.5 Å². The molecule has 0 aromatic carbocycles. The lowest BCUT2D eigenvalue weighted by Crippen LogP contribution is -2.67. The minimum absolute atomic E-state index is 0.0253. The van der Waals surface area contributed by atoms with Crippen LogP contribution in [-0.2, 0) is 71.2 Å². The summed E-state index contributed by atoms with van der Waals surface area (Å²) in [5, 5.41) is 176. The highest BCUT2D eigenvalue weighted by Crippen LogP contribution is 2.74. The first-order valence-corrected chi connectivity index (χ1v) is 32.3. The Morgan fingerprint density at radius 2 is 1.16 bits per heavy atom. The molecule has 0 aromatic heterocycles. The molecule has 7 heterocycles. The van der Waals surface area contributed by atoms with Gasteiger partial charge in [0.25, 0.3) is 0 Å². The number of carbonyl (C=O) groups is 2. The predicted octanol–water partition coefficient (Wildman–Crippen LogP) is -5.72. The molecular formula is C61H96O31. The number of hydrogen-bond donors (Lipinski definition) is 16. The van der Waals surface area contributed by atoms with Crippen LogP contribution >= 0.6 is 0 Å². The molecule has 7 aliphatic heterocycles. The van der Waals surface area contributed by atoms with Crippen molar-refractivity contribution < 1.29 is 153 Å². The van der Waals surface area contributed by atoms with Gasteiger partial charge in [-0.1, -0.05) is 45.8 Å². The molecule has 9 fully saturated rings. The van der Waals surface area contributed by atoms with E-state index in [-0.39, 0.29) is 36.4 Å². The van der Waals surface area contributed by atoms with Crippen molar-refractivity contribution in [2.24, 2.45) is 33.5 Å². The molecule has 31 nitrogen and oxygen atoms in total. The maximum absolute atomic E-state index is 14.8. The molecule has 0 amide bonds. The van der Waals surface area contributed by atoms with E-state index in [2.05, 4.69) is 27.7 Å². The first-order valence-electron chi connectivity index (χ1n) is 32.3. The van der Waals surface area contributed by atoms with Crippen LogP contribution in [0.2, 0.25) is 0 Å². The molecule has 0 bridgehead atoms. The molecule has 31 heteroatoms. The molecule has 11 aliphatic rings. The van der Waals surface area contributed by atoms with Gasteiger partial charge in [-0.15, -0.1) is 0 Å². The number of ketones is 2. The zero-order valence-electron chi connectivity index (χ0n) is 52.5. The number of aliphatic hydroxyl groups is 16. The van der Waals surface area contributed by atoms with Crippen molar-refractivity contribution in [2.45, 2.75) is 270 Å². The highest BCUT2D eigenvalue weighted by molar-refractivity contribution is 5.94. The summed E-state index contributed by atoms with van der Waals surface area (Å²) in [6.07, 6.45) is -40.7. The highest BCUT2D eigenvalue weighted by atomic mass is 16.8. The predicted molar refractivity (Wildman–Crippen MR) is 302 cm³/mol. The number of hydrogen-bond acceptors (Lipinski definition) is 31. The Hall–Kier alpha value is -2.08. The van der Waals surface area contributed by atoms with Crippen molar-refractivity contribution in [2.75, 3.05) is 52.9 Å². The van der Waals surface area contributed by atoms with Gasteiger partial charge in [0.2, 0.25) is 0 Å². The van der Waals surface area contributed by atoms with E-state index >= 15 is 0 Å². The van der Waals surface area contributed by atoms with Crippen molar-refractivity contribution in [1.29, 1.82) is 0 Å². The van der Waals surface area contributed by atoms with Crippen LogP contribution < -0.4 is 0 Å². The number of aliphatic hydroxyl groups excluding tert-OH is 15. The van der Waals surface area contributed by atoms with Crippen molar-refractivity contribution in [3.8, 4) is 0 Å². The second kappa shape index (κ2) is 26.9. The maximum atomic E-state index is 14.8. The molecule has 11 rings (SSSR count). The van der Waals surface area contributed by atoms with Gasteiger partial charge in [-0.2, -0.15) is 0 Å². The first-order chi connectivity index (χ1) is 43.4. The molecule has 526 valence electrons. The summed E-state index contributed by atoms with van der Waals surface area (Å²) in [6.45, 7) is 6.38. The molecule has 0 radical (unpaired) electrons. The number of Topliss-reactive ketones (excluding diaryl/α,β-unsaturated/α-hetero) is 2. The Kier molecular flexibility index (Phi) is 20.8. The quantitative estimate of drug-likeness (QED) is 0.0536. The number of carbonyl (C=O) groups excluding carboxylic acids is 2. The molecule has 34 atom stereocenters. The summed E-state index contributed by atoms with van der Waals surface area (Å²) in [4.78, 5) is 27.8. The first kappa shape index (κ1) is 71.2. The van der Waals surface area contributed by atoms with E-state index in [4.69, 9.17) is 61.6 Å². The van der Waals surface area contributed by atoms with Gasteiger partial charge < -0.3 is 143 Å². The van der Waals surface area contributed by atoms with Crippen LogP contribution in [0.4, 0.5) is 0 Å². The fourth-order valence-electron chi connectivity index (χ4n) is 17.6. The fraction of sp³-hybridized carbons (Fsp3) is 0.934. The smallest absolute Gasteiger partial charge is 0.187 e. The lowest BCUT2D eigenvalue weighted by Gasteiger charge is -2.63. The lowest BCUT2D eigenvalue weighted by atomic mass is 9.42. The molecule has 4 aliphatic carbocycles. The third kappa shape index (κ3) is 11.5. The Morgan fingerprint density at radius 1 is 0.587 bits per heavy atom. The number of allylic oxidation sites excluding steroid dienone is 2. The summed E-state index contributed by atoms with van der Waals surface area (Å²) in [5.41, 5.74) is -3.79. The van der Waals surface area contributed by atoms with Gasteiger partial charge in [-0.3, -0.25) is 9.59 Å². The summed E-state index contributed by atoms with van der Waals surface area (Å²) in [5.74, 6) is -0.104. The minimum Gasteiger partial charge on any atom is -0.396 e. The number of fused-ring (bicyclic) bond motifs is 5. The van der Waals surface area contributed by atoms with Gasteiger partial charge in [-0.25, -0.2) is 0 Å². The lowest BCUT2D eigenvalue weighted by molar-refractivity contribution is -0.397. The third-order valence-corrected chi connectivity index (χ3v) is 23.5. The zero-order chi connectivity index (χ0) is 66.7. The molecule has 1 spiro atoms. The SMILES string of the molecule is CCC(=O)[C@@H]1C[C@@H](C)[C@]2(CC(=O)[C@@]3(C)C4=C(CC[C@@]32C)[C@@]2(C)CC[C@H](O[C@@H]3O[C@H](CO[C@@H]5OC[C@H](O)[C@H](O)[C@H]5O[C@@H]5O[C@H](CO)[C@@H](O)[C@H](O[C@@H]6OC[C@@H](O)[C@H](O)[C@H]6O[C@@H]6O[C@@H](CO)[C@H](O)[C@H]6O)[C@H]5O[C@@H]5OC[C@](O)(CO)[C@H]5O)[C@@H](O)[C@H](O)[C@H]3O)[C@](C)(CO)[C@@H]2CC4)O1. The molecular weight excluding hydrogens is 1230 g/mol. The van der Waals surface area contributed by atoms with Gasteiger partial charge in [0.1, 0.15) is 127 Å². The molecule has 92 heavy (non-hydrogen) atoms. The van der Waals surface area contributed by atoms with Gasteiger partial charge in [-0.05, 0) is 69.1 Å². The van der Waals surface area contributed by atoms with Crippen molar-refractivity contribution in [3.63, 3.8) is 0 Å². The van der Waals surface area contributed by atoms with E-state index in [0.717, 1.165) is 5.57 Å². The van der Waals surface area contributed by atoms with E-state index in [1.54, 1.807) is 0 Å². The average molecular weight is 1330 g/mol. The molecule has 2 saturated carbocycles. The normalized spacial score (nSPS) is 53.8. The summed E-state index contributed by atoms with van der Waals surface area (Å²) < 4.78 is 78.8. The monoisotopic (exact) mass is 1320 g/mol. The Morgan fingerprint density at radius 3 is 1.79 bits per heavy atom. The van der Waals surface area contributed by atoms with E-state index in [1.807, 2.05) is 13.8 Å². The molecule has 0 unspecified atom stereocenters. The van der Waals surface area contributed by atoms with Crippen molar-refractivity contribution in [3.05, 3.63) is 11.1 Å². The number of rotatable bonds is 19. The topological polar surface area (TPSA) is 478 Å². The van der Waals surface area contributed by atoms with E-state index < -0.39 is 239 Å². The number of ether oxygens (including phenoxy) is 13. The Bertz CT molecular complexity index is 2640. The van der Waals surface area contributed by atoms with E-state index in [1.165, 1.54) is 5.57 Å². The van der Waals surface area contributed by atoms with Crippen molar-refractivity contribution >= 4 is 11.6 Å². The van der Waals surface area contributed by atoms with Crippen molar-refractivity contribution in [1.82, 2.24) is 0 Å². The van der Waals surface area contributed by atoms with E-state index in [0.29, 0.717) is 51.4 Å². The van der Waals surface area contributed by atoms with Crippen LogP contribution in [0.15, 0.2) is 11.1 Å². The average Bonchev–Trinajstić information content (AvgIpc) is 1.44. The minimum atomic E-state index is -2.32. The second-order valence-corrected chi connectivity index (χ2v) is 28.4. The van der Waals surface area contributed by atoms with Crippen LogP contribution in [0.25, 0.3) is 0 Å². The van der Waals surface area contributed by atoms with Gasteiger partial charge >= 0.3 is 0 Å². The van der Waals surface area contributed by atoms with Crippen LogP contribution in [0.5, 0.6) is 0 Å². The molecule has 7 saturated heterocycles. The third-order valence-electron chi connectivity index (χ3n) is 23.5. The van der Waals surface area contributed by atoms with Crippen LogP contribution in [-0.4, -0.2) is 317 Å². The largest absolute Gasteiger partial charge is 0.396 e. The zero-order valence-corrected chi connectivity index (χ0v) is 52.5. The standard InChI is InChI=1S/C61H96O31/c1-7-27(66)30-14-24(2)61(92-30)15-35(69)59(6)26-8-9-34-56(3,25(26)10-13-58(59,61)5)12-11-36(57(34,4)21-64)87-50-44(77)42(75)40(73)33(86-50)20-82-52-46(37(70)28(67)18-80-52)90-54-48(91-55-49(78)60(79,22-65)23-83-55)45(41(74)32(17-63)85-54)88-53-47(38(71)29(68)19-81-53)89-51-43(76)39(72)31(16-62)84-51/h24,28-34,36-55,62-65,67-68,70-79H,7-23H2,1-6H3/t24-,28+,29-,30+,31+,32-,33-,34-,36+,37+,38+,39+,40-,41-,42+,43-,44-,45+,46-,47-,48-,49+,50+,51+,52+,53+,54+,55+,56-,57-,58+,59-,60-,61+/m1/s1. The summed E-state index contributed by atoms with van der Waals surface area (Å²) in [7, 11) is 0. The van der Waals surface area contributed by atoms with Crippen LogP contribution in [0.3, 0.4) is 0 Å². The Balaban J connectivity index is 0.810. The summed E-state index contributed by atoms with van der Waals surface area (Å²) >= 11 is 0. The van der Waals surface area contributed by atoms with Gasteiger partial charge in [0, 0.05) is 23.7 Å². The Labute approximate surface area is 530 Å². The maximum Gasteiger partial charge on any atom is 0.187 e. The van der Waals surface area contributed by atoms with E-state index in [9.17, 15) is 91.3 Å². The fourth-order valence-corrected chi connectivity index (χ4v) is 17.6. The van der Waals surface area contributed by atoms with Gasteiger partial charge in [0.05, 0.1) is 70.0 Å². The second-order valence-electron chi connectivity index (χ2n) is 28.4. The van der Waals surface area contributed by atoms with Crippen LogP contribution in [0.1, 0.15) is 99.3 Å². The summed E-state index contributed by atoms with van der Waals surface area (Å²) in [6, 6.07) is 0. The highest BCUT2D eigenvalue weighted by Gasteiger charge is 2.76. The van der Waals surface area contributed by atoms with Gasteiger partial charge in [0.15, 0.2) is 43.5 Å². The molecule has 0 aromatic rings.